The largest absolute Gasteiger partial charge is 0.416 e. The van der Waals surface area contributed by atoms with E-state index in [0.717, 1.165) is 17.7 Å². The van der Waals surface area contributed by atoms with Gasteiger partial charge in [-0.1, -0.05) is 23.7 Å². The van der Waals surface area contributed by atoms with E-state index < -0.39 is 11.7 Å². The summed E-state index contributed by atoms with van der Waals surface area (Å²) >= 11 is 5.81. The van der Waals surface area contributed by atoms with Gasteiger partial charge in [0.25, 0.3) is 0 Å². The molecule has 0 aliphatic carbocycles. The lowest BCUT2D eigenvalue weighted by Gasteiger charge is -2.04. The summed E-state index contributed by atoms with van der Waals surface area (Å²) in [5.74, 6) is 0. The molecule has 108 valence electrons. The van der Waals surface area contributed by atoms with Gasteiger partial charge in [-0.3, -0.25) is 4.68 Å². The molecule has 0 atom stereocenters. The second-order valence-electron chi connectivity index (χ2n) is 4.72. The van der Waals surface area contributed by atoms with Gasteiger partial charge in [-0.2, -0.15) is 18.3 Å². The maximum atomic E-state index is 12.7. The molecule has 3 rings (SSSR count). The summed E-state index contributed by atoms with van der Waals surface area (Å²) in [5, 5.41) is 5.38. The molecule has 0 amide bonds. The van der Waals surface area contributed by atoms with Crippen molar-refractivity contribution in [2.75, 3.05) is 0 Å². The van der Waals surface area contributed by atoms with Crippen LogP contribution in [0.2, 0.25) is 5.02 Å². The average molecular weight is 311 g/mol. The Morgan fingerprint density at radius 2 is 1.76 bits per heavy atom. The van der Waals surface area contributed by atoms with E-state index in [-0.39, 0.29) is 0 Å². The lowest BCUT2D eigenvalue weighted by Crippen LogP contribution is -2.03. The number of nitrogens with zero attached hydrogens (tertiary/aromatic N) is 2. The lowest BCUT2D eigenvalue weighted by atomic mass is 10.1. The number of rotatable bonds is 2. The molecule has 1 aromatic heterocycles. The molecular weight excluding hydrogens is 301 g/mol. The Morgan fingerprint density at radius 1 is 1.05 bits per heavy atom. The normalized spacial score (nSPS) is 12.0. The van der Waals surface area contributed by atoms with E-state index in [9.17, 15) is 13.2 Å². The van der Waals surface area contributed by atoms with Crippen molar-refractivity contribution in [2.45, 2.75) is 12.7 Å². The number of benzene rings is 2. The van der Waals surface area contributed by atoms with E-state index in [1.54, 1.807) is 23.0 Å². The Kier molecular flexibility index (Phi) is 3.37. The van der Waals surface area contributed by atoms with Gasteiger partial charge in [0.05, 0.1) is 17.6 Å². The first-order valence-corrected chi connectivity index (χ1v) is 6.58. The summed E-state index contributed by atoms with van der Waals surface area (Å²) in [7, 11) is 0. The first-order valence-electron chi connectivity index (χ1n) is 6.21. The van der Waals surface area contributed by atoms with Gasteiger partial charge in [0.15, 0.2) is 0 Å². The highest BCUT2D eigenvalue weighted by atomic mass is 35.5. The Hall–Kier alpha value is -2.01. The zero-order valence-electron chi connectivity index (χ0n) is 10.7. The summed E-state index contributed by atoms with van der Waals surface area (Å²) in [6.07, 6.45) is -2.73. The van der Waals surface area contributed by atoms with E-state index in [4.69, 9.17) is 11.6 Å². The van der Waals surface area contributed by atoms with Crippen molar-refractivity contribution in [2.24, 2.45) is 0 Å². The van der Waals surface area contributed by atoms with Gasteiger partial charge < -0.3 is 0 Å². The van der Waals surface area contributed by atoms with Crippen molar-refractivity contribution in [1.82, 2.24) is 9.78 Å². The molecule has 0 N–H and O–H groups in total. The molecule has 0 unspecified atom stereocenters. The van der Waals surface area contributed by atoms with Gasteiger partial charge in [-0.05, 0) is 35.9 Å². The van der Waals surface area contributed by atoms with E-state index in [2.05, 4.69) is 5.10 Å². The van der Waals surface area contributed by atoms with E-state index in [0.29, 0.717) is 22.5 Å². The first kappa shape index (κ1) is 13.9. The van der Waals surface area contributed by atoms with Crippen molar-refractivity contribution in [1.29, 1.82) is 0 Å². The molecule has 0 saturated heterocycles. The quantitative estimate of drug-likeness (QED) is 0.667. The fraction of sp³-hybridized carbons (Fsp3) is 0.133. The van der Waals surface area contributed by atoms with Gasteiger partial charge in [0, 0.05) is 16.6 Å². The zero-order valence-corrected chi connectivity index (χ0v) is 11.5. The third kappa shape index (κ3) is 3.03. The second-order valence-corrected chi connectivity index (χ2v) is 5.16. The molecule has 1 heterocycles. The number of hydrogen-bond acceptors (Lipinski definition) is 1. The number of hydrogen-bond donors (Lipinski definition) is 0. The summed E-state index contributed by atoms with van der Waals surface area (Å²) in [6.45, 7) is 0.479. The van der Waals surface area contributed by atoms with Crippen molar-refractivity contribution in [3.05, 3.63) is 64.8 Å². The fourth-order valence-corrected chi connectivity index (χ4v) is 2.24. The maximum absolute atomic E-state index is 12.7. The first-order chi connectivity index (χ1) is 9.91. The van der Waals surface area contributed by atoms with Crippen LogP contribution in [0.15, 0.2) is 48.7 Å². The highest BCUT2D eigenvalue weighted by Crippen LogP contribution is 2.31. The van der Waals surface area contributed by atoms with Crippen LogP contribution in [0.5, 0.6) is 0 Å². The van der Waals surface area contributed by atoms with E-state index in [1.165, 1.54) is 6.07 Å². The van der Waals surface area contributed by atoms with Crippen LogP contribution in [0.3, 0.4) is 0 Å². The van der Waals surface area contributed by atoms with Crippen LogP contribution in [0.25, 0.3) is 10.9 Å². The predicted molar refractivity (Wildman–Crippen MR) is 75.3 cm³/mol. The fourth-order valence-electron chi connectivity index (χ4n) is 2.11. The lowest BCUT2D eigenvalue weighted by molar-refractivity contribution is -0.137. The molecule has 0 aliphatic heterocycles. The number of alkyl halides is 3. The van der Waals surface area contributed by atoms with Gasteiger partial charge in [-0.25, -0.2) is 0 Å². The maximum Gasteiger partial charge on any atom is 0.416 e. The van der Waals surface area contributed by atoms with Crippen molar-refractivity contribution < 1.29 is 13.2 Å². The molecule has 6 heteroatoms. The summed E-state index contributed by atoms with van der Waals surface area (Å²) in [6, 6.07) is 10.8. The van der Waals surface area contributed by atoms with Crippen LogP contribution >= 0.6 is 11.6 Å². The van der Waals surface area contributed by atoms with Gasteiger partial charge in [0.2, 0.25) is 0 Å². The van der Waals surface area contributed by atoms with E-state index in [1.807, 2.05) is 12.1 Å². The van der Waals surface area contributed by atoms with Crippen LogP contribution in [0, 0.1) is 0 Å². The Morgan fingerprint density at radius 3 is 2.43 bits per heavy atom. The van der Waals surface area contributed by atoms with Gasteiger partial charge in [0.1, 0.15) is 0 Å². The van der Waals surface area contributed by atoms with Crippen LogP contribution in [0.1, 0.15) is 11.1 Å². The number of halogens is 4. The third-order valence-electron chi connectivity index (χ3n) is 3.14. The highest BCUT2D eigenvalue weighted by molar-refractivity contribution is 6.30. The molecular formula is C15H10ClF3N2. The summed E-state index contributed by atoms with van der Waals surface area (Å²) in [4.78, 5) is 0. The van der Waals surface area contributed by atoms with Crippen LogP contribution < -0.4 is 0 Å². The topological polar surface area (TPSA) is 17.8 Å². The van der Waals surface area contributed by atoms with Gasteiger partial charge in [-0.15, -0.1) is 0 Å². The summed E-state index contributed by atoms with van der Waals surface area (Å²) < 4.78 is 39.6. The Labute approximate surface area is 123 Å². The molecule has 0 aliphatic rings. The van der Waals surface area contributed by atoms with Crippen molar-refractivity contribution in [3.8, 4) is 0 Å². The monoisotopic (exact) mass is 310 g/mol. The molecule has 0 bridgehead atoms. The molecule has 0 fully saturated rings. The third-order valence-corrected chi connectivity index (χ3v) is 3.39. The zero-order chi connectivity index (χ0) is 15.0. The predicted octanol–water partition coefficient (Wildman–Crippen LogP) is 4.76. The van der Waals surface area contributed by atoms with E-state index >= 15 is 0 Å². The molecule has 0 radical (unpaired) electrons. The average Bonchev–Trinajstić information content (AvgIpc) is 2.81. The second kappa shape index (κ2) is 5.07. The standard InChI is InChI=1S/C15H10ClF3N2/c16-13-4-1-10(2-5-13)8-21-9-11-7-12(15(17,18)19)3-6-14(11)20-21/h1-7,9H,8H2. The molecule has 0 saturated carbocycles. The minimum Gasteiger partial charge on any atom is -0.267 e. The molecule has 2 nitrogen and oxygen atoms in total. The van der Waals surface area contributed by atoms with Crippen LogP contribution in [0.4, 0.5) is 13.2 Å². The smallest absolute Gasteiger partial charge is 0.267 e. The molecule has 21 heavy (non-hydrogen) atoms. The van der Waals surface area contributed by atoms with Crippen LogP contribution in [-0.4, -0.2) is 9.78 Å². The Balaban J connectivity index is 1.92. The van der Waals surface area contributed by atoms with Crippen molar-refractivity contribution >= 4 is 22.5 Å². The van der Waals surface area contributed by atoms with Crippen LogP contribution in [-0.2, 0) is 12.7 Å². The SMILES string of the molecule is FC(F)(F)c1ccc2nn(Cc3ccc(Cl)cc3)cc2c1. The molecule has 2 aromatic carbocycles. The molecule has 0 spiro atoms. The summed E-state index contributed by atoms with van der Waals surface area (Å²) in [5.41, 5.74) is 0.848. The van der Waals surface area contributed by atoms with Crippen molar-refractivity contribution in [3.63, 3.8) is 0 Å². The molecule has 3 aromatic rings. The van der Waals surface area contributed by atoms with Gasteiger partial charge >= 0.3 is 6.18 Å². The minimum atomic E-state index is -4.34. The number of aromatic nitrogens is 2. The Bertz CT molecular complexity index is 776. The number of fused-ring (bicyclic) bond motifs is 1. The highest BCUT2D eigenvalue weighted by Gasteiger charge is 2.30. The minimum absolute atomic E-state index is 0.471.